The molecule has 21 heavy (non-hydrogen) atoms. The van der Waals surface area contributed by atoms with E-state index in [1.807, 2.05) is 11.3 Å². The molecule has 1 aromatic rings. The number of thiophene rings is 1. The third kappa shape index (κ3) is 4.80. The van der Waals surface area contributed by atoms with E-state index in [-0.39, 0.29) is 0 Å². The minimum absolute atomic E-state index is 0.810. The molecule has 1 heterocycles. The minimum Gasteiger partial charge on any atom is -0.309 e. The second-order valence-electron chi connectivity index (χ2n) is 7.15. The van der Waals surface area contributed by atoms with Gasteiger partial charge < -0.3 is 10.2 Å². The van der Waals surface area contributed by atoms with Crippen molar-refractivity contribution in [3.63, 3.8) is 0 Å². The molecule has 3 rings (SSSR count). The number of aryl methyl sites for hydroxylation is 1. The van der Waals surface area contributed by atoms with Crippen molar-refractivity contribution in [3.05, 3.63) is 21.4 Å². The Kier molecular flexibility index (Phi) is 5.36. The monoisotopic (exact) mass is 306 g/mol. The quantitative estimate of drug-likeness (QED) is 0.807. The Morgan fingerprint density at radius 1 is 1.19 bits per heavy atom. The molecule has 0 unspecified atom stereocenters. The van der Waals surface area contributed by atoms with E-state index in [0.29, 0.717) is 0 Å². The number of hydrogen-bond acceptors (Lipinski definition) is 3. The fourth-order valence-corrected chi connectivity index (χ4v) is 4.53. The molecule has 2 aliphatic carbocycles. The van der Waals surface area contributed by atoms with Gasteiger partial charge in [0.2, 0.25) is 0 Å². The van der Waals surface area contributed by atoms with Crippen molar-refractivity contribution in [2.75, 3.05) is 13.6 Å². The van der Waals surface area contributed by atoms with Crippen molar-refractivity contribution >= 4 is 11.3 Å². The summed E-state index contributed by atoms with van der Waals surface area (Å²) in [5, 5.41) is 3.63. The van der Waals surface area contributed by atoms with E-state index in [1.54, 1.807) is 5.56 Å². The maximum Gasteiger partial charge on any atom is 0.0302 e. The highest BCUT2D eigenvalue weighted by Gasteiger charge is 2.21. The van der Waals surface area contributed by atoms with E-state index in [0.717, 1.165) is 25.0 Å². The summed E-state index contributed by atoms with van der Waals surface area (Å²) < 4.78 is 0. The molecule has 0 aromatic carbocycles. The van der Waals surface area contributed by atoms with Gasteiger partial charge in [0, 0.05) is 35.4 Å². The van der Waals surface area contributed by atoms with Gasteiger partial charge in [-0.25, -0.2) is 0 Å². The highest BCUT2D eigenvalue weighted by atomic mass is 32.1. The maximum atomic E-state index is 3.63. The lowest BCUT2D eigenvalue weighted by Crippen LogP contribution is -2.26. The molecule has 0 amide bonds. The van der Waals surface area contributed by atoms with E-state index in [2.05, 4.69) is 30.3 Å². The van der Waals surface area contributed by atoms with E-state index < -0.39 is 0 Å². The lowest BCUT2D eigenvalue weighted by atomic mass is 9.89. The van der Waals surface area contributed by atoms with Crippen molar-refractivity contribution in [3.8, 4) is 0 Å². The van der Waals surface area contributed by atoms with Gasteiger partial charge in [0.1, 0.15) is 0 Å². The van der Waals surface area contributed by atoms with Crippen LogP contribution < -0.4 is 5.32 Å². The molecule has 3 heteroatoms. The predicted octanol–water partition coefficient (Wildman–Crippen LogP) is 4.32. The van der Waals surface area contributed by atoms with Crippen LogP contribution in [0.25, 0.3) is 0 Å². The molecule has 0 atom stereocenters. The van der Waals surface area contributed by atoms with Crippen LogP contribution in [0.3, 0.4) is 0 Å². The molecule has 2 fully saturated rings. The first kappa shape index (κ1) is 15.5. The Hall–Kier alpha value is -0.380. The van der Waals surface area contributed by atoms with Gasteiger partial charge in [0.05, 0.1) is 0 Å². The summed E-state index contributed by atoms with van der Waals surface area (Å²) in [5.41, 5.74) is 1.55. The average Bonchev–Trinajstić information content (AvgIpc) is 3.23. The van der Waals surface area contributed by atoms with Gasteiger partial charge in [-0.2, -0.15) is 0 Å². The van der Waals surface area contributed by atoms with Crippen molar-refractivity contribution in [2.24, 2.45) is 5.92 Å². The standard InChI is InChI=1S/C18H30N2S/c1-14-16(10-18(21-14)11-19-17-8-9-17)13-20(2)12-15-6-4-3-5-7-15/h10,15,17,19H,3-9,11-13H2,1-2H3. The molecule has 118 valence electrons. The van der Waals surface area contributed by atoms with Gasteiger partial charge in [-0.15, -0.1) is 11.3 Å². The minimum atomic E-state index is 0.810. The zero-order valence-corrected chi connectivity index (χ0v) is 14.5. The molecule has 1 aromatic heterocycles. The van der Waals surface area contributed by atoms with Crippen LogP contribution in [0.1, 0.15) is 60.3 Å². The molecule has 0 bridgehead atoms. The average molecular weight is 307 g/mol. The third-order valence-corrected chi connectivity index (χ3v) is 6.04. The van der Waals surface area contributed by atoms with Crippen LogP contribution in [0.5, 0.6) is 0 Å². The van der Waals surface area contributed by atoms with Gasteiger partial charge in [-0.1, -0.05) is 19.3 Å². The lowest BCUT2D eigenvalue weighted by Gasteiger charge is -2.27. The van der Waals surface area contributed by atoms with E-state index >= 15 is 0 Å². The Bertz CT molecular complexity index is 444. The Labute approximate surface area is 133 Å². The lowest BCUT2D eigenvalue weighted by molar-refractivity contribution is 0.228. The molecular formula is C18H30N2S. The second-order valence-corrected chi connectivity index (χ2v) is 8.49. The largest absolute Gasteiger partial charge is 0.309 e. The van der Waals surface area contributed by atoms with Crippen LogP contribution in [-0.4, -0.2) is 24.5 Å². The van der Waals surface area contributed by atoms with Crippen LogP contribution in [0.4, 0.5) is 0 Å². The molecular weight excluding hydrogens is 276 g/mol. The van der Waals surface area contributed by atoms with Crippen LogP contribution in [0.15, 0.2) is 6.07 Å². The first-order valence-electron chi connectivity index (χ1n) is 8.71. The molecule has 2 aliphatic rings. The molecule has 0 spiro atoms. The molecule has 2 saturated carbocycles. The van der Waals surface area contributed by atoms with Crippen molar-refractivity contribution in [1.82, 2.24) is 10.2 Å². The summed E-state index contributed by atoms with van der Waals surface area (Å²) in [6.07, 6.45) is 10.0. The topological polar surface area (TPSA) is 15.3 Å². The number of rotatable bonds is 7. The summed E-state index contributed by atoms with van der Waals surface area (Å²) in [4.78, 5) is 5.57. The molecule has 0 aliphatic heterocycles. The van der Waals surface area contributed by atoms with Gasteiger partial charge in [-0.05, 0) is 57.2 Å². The first-order valence-corrected chi connectivity index (χ1v) is 9.52. The highest BCUT2D eigenvalue weighted by molar-refractivity contribution is 7.12. The molecule has 0 saturated heterocycles. The van der Waals surface area contributed by atoms with E-state index in [1.165, 1.54) is 61.2 Å². The number of nitrogens with zero attached hydrogens (tertiary/aromatic N) is 1. The molecule has 0 radical (unpaired) electrons. The van der Waals surface area contributed by atoms with E-state index in [9.17, 15) is 0 Å². The third-order valence-electron chi connectivity index (χ3n) is 4.95. The molecule has 1 N–H and O–H groups in total. The summed E-state index contributed by atoms with van der Waals surface area (Å²) >= 11 is 1.98. The van der Waals surface area contributed by atoms with Gasteiger partial charge >= 0.3 is 0 Å². The van der Waals surface area contributed by atoms with Crippen molar-refractivity contribution in [1.29, 1.82) is 0 Å². The summed E-state index contributed by atoms with van der Waals surface area (Å²) in [6.45, 7) is 5.77. The maximum absolute atomic E-state index is 3.63. The van der Waals surface area contributed by atoms with Gasteiger partial charge in [-0.3, -0.25) is 0 Å². The highest BCUT2D eigenvalue weighted by Crippen LogP contribution is 2.27. The summed E-state index contributed by atoms with van der Waals surface area (Å²) in [5.74, 6) is 0.943. The Morgan fingerprint density at radius 2 is 1.95 bits per heavy atom. The van der Waals surface area contributed by atoms with Crippen molar-refractivity contribution < 1.29 is 0 Å². The normalized spacial score (nSPS) is 20.3. The van der Waals surface area contributed by atoms with Crippen LogP contribution in [-0.2, 0) is 13.1 Å². The number of hydrogen-bond donors (Lipinski definition) is 1. The van der Waals surface area contributed by atoms with Crippen molar-refractivity contribution in [2.45, 2.75) is 71.0 Å². The Balaban J connectivity index is 1.48. The predicted molar refractivity (Wildman–Crippen MR) is 91.8 cm³/mol. The van der Waals surface area contributed by atoms with Gasteiger partial charge in [0.15, 0.2) is 0 Å². The van der Waals surface area contributed by atoms with Crippen LogP contribution >= 0.6 is 11.3 Å². The SMILES string of the molecule is Cc1sc(CNC2CC2)cc1CN(C)CC1CCCCC1. The second kappa shape index (κ2) is 7.26. The molecule has 2 nitrogen and oxygen atoms in total. The number of nitrogens with one attached hydrogen (secondary N) is 1. The van der Waals surface area contributed by atoms with Crippen LogP contribution in [0.2, 0.25) is 0 Å². The van der Waals surface area contributed by atoms with Gasteiger partial charge in [0.25, 0.3) is 0 Å². The summed E-state index contributed by atoms with van der Waals surface area (Å²) in [7, 11) is 2.30. The first-order chi connectivity index (χ1) is 10.2. The Morgan fingerprint density at radius 3 is 2.67 bits per heavy atom. The fraction of sp³-hybridized carbons (Fsp3) is 0.778. The van der Waals surface area contributed by atoms with Crippen LogP contribution in [0, 0.1) is 12.8 Å². The zero-order valence-electron chi connectivity index (χ0n) is 13.7. The summed E-state index contributed by atoms with van der Waals surface area (Å²) in [6, 6.07) is 3.25. The smallest absolute Gasteiger partial charge is 0.0302 e. The zero-order chi connectivity index (χ0) is 14.7. The fourth-order valence-electron chi connectivity index (χ4n) is 3.53. The van der Waals surface area contributed by atoms with E-state index in [4.69, 9.17) is 0 Å².